The summed E-state index contributed by atoms with van der Waals surface area (Å²) >= 11 is 2.21. The maximum Gasteiger partial charge on any atom is 0.350 e. The first kappa shape index (κ1) is 20.1. The third-order valence-electron chi connectivity index (χ3n) is 4.22. The van der Waals surface area contributed by atoms with Crippen LogP contribution < -0.4 is 10.2 Å². The molecular weight excluding hydrogens is 398 g/mol. The third kappa shape index (κ3) is 3.55. The minimum atomic E-state index is -1.35. The van der Waals surface area contributed by atoms with Gasteiger partial charge in [0, 0.05) is 11.9 Å². The number of anilines is 2. The lowest BCUT2D eigenvalue weighted by atomic mass is 10.1. The highest BCUT2D eigenvalue weighted by Gasteiger charge is 2.48. The first-order chi connectivity index (χ1) is 13.3. The number of rotatable bonds is 5. The molecule has 0 fully saturated rings. The maximum atomic E-state index is 13.0. The predicted octanol–water partition coefficient (Wildman–Crippen LogP) is 3.26. The van der Waals surface area contributed by atoms with E-state index < -0.39 is 16.6 Å². The summed E-state index contributed by atoms with van der Waals surface area (Å²) in [5, 5.41) is 2.92. The van der Waals surface area contributed by atoms with Crippen molar-refractivity contribution in [2.45, 2.75) is 23.5 Å². The van der Waals surface area contributed by atoms with Crippen molar-refractivity contribution in [3.05, 3.63) is 47.5 Å². The van der Waals surface area contributed by atoms with E-state index in [1.807, 2.05) is 24.3 Å². The summed E-state index contributed by atoms with van der Waals surface area (Å²) in [5.74, 6) is -1.35. The van der Waals surface area contributed by atoms with Gasteiger partial charge in [0.05, 0.1) is 11.4 Å². The van der Waals surface area contributed by atoms with E-state index in [1.165, 1.54) is 22.7 Å². The van der Waals surface area contributed by atoms with Crippen LogP contribution in [0.3, 0.4) is 0 Å². The predicted molar refractivity (Wildman–Crippen MR) is 110 cm³/mol. The number of nitrogens with one attached hydrogen (secondary N) is 1. The van der Waals surface area contributed by atoms with E-state index in [1.54, 1.807) is 20.9 Å². The molecule has 1 unspecified atom stereocenters. The molecule has 9 heteroatoms. The Hall–Kier alpha value is -2.65. The van der Waals surface area contributed by atoms with Crippen molar-refractivity contribution >= 4 is 51.7 Å². The molecule has 1 aromatic heterocycles. The Morgan fingerprint density at radius 1 is 1.39 bits per heavy atom. The number of hydrogen-bond acceptors (Lipinski definition) is 7. The molecule has 2 heterocycles. The van der Waals surface area contributed by atoms with Crippen molar-refractivity contribution in [2.24, 2.45) is 0 Å². The summed E-state index contributed by atoms with van der Waals surface area (Å²) in [6.07, 6.45) is 1.47. The molecule has 2 aromatic rings. The van der Waals surface area contributed by atoms with Crippen LogP contribution in [0.4, 0.5) is 10.8 Å². The molecule has 146 valence electrons. The average molecular weight is 418 g/mol. The molecule has 1 N–H and O–H groups in total. The van der Waals surface area contributed by atoms with Gasteiger partial charge in [0.25, 0.3) is 11.8 Å². The van der Waals surface area contributed by atoms with Crippen LogP contribution in [0.2, 0.25) is 0 Å². The lowest BCUT2D eigenvalue weighted by Crippen LogP contribution is -2.53. The molecule has 0 bridgehead atoms. The Morgan fingerprint density at radius 3 is 2.82 bits per heavy atom. The van der Waals surface area contributed by atoms with E-state index in [2.05, 4.69) is 16.9 Å². The van der Waals surface area contributed by atoms with Crippen LogP contribution in [-0.4, -0.2) is 41.2 Å². The van der Waals surface area contributed by atoms with Crippen LogP contribution >= 0.6 is 23.1 Å². The maximum absolute atomic E-state index is 13.0. The lowest BCUT2D eigenvalue weighted by molar-refractivity contribution is -0.128. The number of aryl methyl sites for hydroxylation is 1. The van der Waals surface area contributed by atoms with Gasteiger partial charge in [-0.05, 0) is 26.0 Å². The zero-order valence-corrected chi connectivity index (χ0v) is 17.3. The number of nitrogens with zero attached hydrogens (tertiary/aromatic N) is 2. The van der Waals surface area contributed by atoms with Gasteiger partial charge in [-0.15, -0.1) is 0 Å². The quantitative estimate of drug-likeness (QED) is 0.456. The smallest absolute Gasteiger partial charge is 0.350 e. The number of benzene rings is 1. The molecule has 0 saturated heterocycles. The molecule has 0 saturated carbocycles. The second kappa shape index (κ2) is 7.76. The van der Waals surface area contributed by atoms with Gasteiger partial charge in [0.1, 0.15) is 11.5 Å². The SMILES string of the molecule is C=CCOC(=O)c1sc(NC(=O)C2(C)Sc3ccccc3N(C)C2=O)nc1C. The molecule has 28 heavy (non-hydrogen) atoms. The van der Waals surface area contributed by atoms with Gasteiger partial charge >= 0.3 is 5.97 Å². The van der Waals surface area contributed by atoms with Crippen LogP contribution in [0, 0.1) is 6.92 Å². The minimum absolute atomic E-state index is 0.0901. The number of fused-ring (bicyclic) bond motifs is 1. The van der Waals surface area contributed by atoms with Gasteiger partial charge in [-0.3, -0.25) is 9.59 Å². The first-order valence-corrected chi connectivity index (χ1v) is 10.0. The highest BCUT2D eigenvalue weighted by Crippen LogP contribution is 2.45. The molecule has 0 aliphatic carbocycles. The molecule has 7 nitrogen and oxygen atoms in total. The largest absolute Gasteiger partial charge is 0.457 e. The van der Waals surface area contributed by atoms with Crippen molar-refractivity contribution in [3.8, 4) is 0 Å². The fraction of sp³-hybridized carbons (Fsp3) is 0.263. The number of para-hydroxylation sites is 1. The van der Waals surface area contributed by atoms with E-state index >= 15 is 0 Å². The van der Waals surface area contributed by atoms with Crippen LogP contribution in [0.25, 0.3) is 0 Å². The topological polar surface area (TPSA) is 88.6 Å². The monoisotopic (exact) mass is 417 g/mol. The lowest BCUT2D eigenvalue weighted by Gasteiger charge is -2.36. The second-order valence-electron chi connectivity index (χ2n) is 6.24. The molecule has 1 aliphatic rings. The number of thioether (sulfide) groups is 1. The van der Waals surface area contributed by atoms with Crippen LogP contribution in [0.1, 0.15) is 22.3 Å². The minimum Gasteiger partial charge on any atom is -0.457 e. The van der Waals surface area contributed by atoms with Crippen molar-refractivity contribution in [3.63, 3.8) is 0 Å². The summed E-state index contributed by atoms with van der Waals surface area (Å²) in [6.45, 7) is 6.83. The molecule has 3 rings (SSSR count). The molecule has 1 aliphatic heterocycles. The van der Waals surface area contributed by atoms with Gasteiger partial charge in [-0.2, -0.15) is 0 Å². The summed E-state index contributed by atoms with van der Waals surface area (Å²) in [4.78, 5) is 44.7. The molecular formula is C19H19N3O4S2. The number of hydrogen-bond donors (Lipinski definition) is 1. The zero-order chi connectivity index (χ0) is 20.5. The van der Waals surface area contributed by atoms with Gasteiger partial charge in [0.2, 0.25) is 0 Å². The Bertz CT molecular complexity index is 972. The van der Waals surface area contributed by atoms with Crippen molar-refractivity contribution < 1.29 is 19.1 Å². The van der Waals surface area contributed by atoms with Gasteiger partial charge in [0.15, 0.2) is 9.88 Å². The standard InChI is InChI=1S/C19H19N3O4S2/c1-5-10-26-15(23)14-11(2)20-18(27-14)21-16(24)19(3)17(25)22(4)12-8-6-7-9-13(12)28-19/h5-9H,1,10H2,2-4H3,(H,20,21,24). The summed E-state index contributed by atoms with van der Waals surface area (Å²) in [7, 11) is 1.65. The van der Waals surface area contributed by atoms with Crippen LogP contribution in [-0.2, 0) is 14.3 Å². The number of amides is 2. The van der Waals surface area contributed by atoms with Gasteiger partial charge < -0.3 is 15.0 Å². The van der Waals surface area contributed by atoms with E-state index in [-0.39, 0.29) is 17.6 Å². The Balaban J connectivity index is 1.82. The number of esters is 1. The average Bonchev–Trinajstić information content (AvgIpc) is 3.04. The number of carbonyl (C=O) groups is 3. The normalized spacial score (nSPS) is 18.4. The van der Waals surface area contributed by atoms with Crippen LogP contribution in [0.5, 0.6) is 0 Å². The third-order valence-corrected chi connectivity index (χ3v) is 6.61. The molecule has 0 spiro atoms. The number of thiazole rings is 1. The van der Waals surface area contributed by atoms with E-state index in [0.29, 0.717) is 10.6 Å². The van der Waals surface area contributed by atoms with Gasteiger partial charge in [-0.25, -0.2) is 9.78 Å². The fourth-order valence-electron chi connectivity index (χ4n) is 2.71. The number of carbonyl (C=O) groups excluding carboxylic acids is 3. The number of aromatic nitrogens is 1. The highest BCUT2D eigenvalue weighted by molar-refractivity contribution is 8.02. The van der Waals surface area contributed by atoms with Gasteiger partial charge in [-0.1, -0.05) is 47.9 Å². The Labute approximate surface area is 170 Å². The molecule has 0 radical (unpaired) electrons. The fourth-order valence-corrected chi connectivity index (χ4v) is 4.83. The van der Waals surface area contributed by atoms with Crippen LogP contribution in [0.15, 0.2) is 41.8 Å². The summed E-state index contributed by atoms with van der Waals surface area (Å²) < 4.78 is 3.66. The van der Waals surface area contributed by atoms with E-state index in [4.69, 9.17) is 4.74 Å². The molecule has 2 amide bonds. The Kier molecular flexibility index (Phi) is 5.57. The second-order valence-corrected chi connectivity index (χ2v) is 8.70. The summed E-state index contributed by atoms with van der Waals surface area (Å²) in [5.41, 5.74) is 1.21. The van der Waals surface area contributed by atoms with Crippen molar-refractivity contribution in [2.75, 3.05) is 23.9 Å². The molecule has 1 aromatic carbocycles. The first-order valence-electron chi connectivity index (χ1n) is 8.41. The van der Waals surface area contributed by atoms with Crippen molar-refractivity contribution in [1.82, 2.24) is 4.98 Å². The van der Waals surface area contributed by atoms with Crippen molar-refractivity contribution in [1.29, 1.82) is 0 Å². The van der Waals surface area contributed by atoms with E-state index in [0.717, 1.165) is 21.9 Å². The summed E-state index contributed by atoms with van der Waals surface area (Å²) in [6, 6.07) is 7.41. The Morgan fingerprint density at radius 2 is 2.11 bits per heavy atom. The number of ether oxygens (including phenoxy) is 1. The van der Waals surface area contributed by atoms with E-state index in [9.17, 15) is 14.4 Å². The highest BCUT2D eigenvalue weighted by atomic mass is 32.2. The zero-order valence-electron chi connectivity index (χ0n) is 15.6. The molecule has 1 atom stereocenters.